The van der Waals surface area contributed by atoms with Crippen LogP contribution in [-0.2, 0) is 4.74 Å². The average molecular weight is 253 g/mol. The smallest absolute Gasteiger partial charge is 0.123 e. The first-order chi connectivity index (χ1) is 8.49. The molecule has 0 amide bonds. The second-order valence-electron chi connectivity index (χ2n) is 5.33. The minimum absolute atomic E-state index is 0.0921. The van der Waals surface area contributed by atoms with Gasteiger partial charge in [0.1, 0.15) is 5.82 Å². The summed E-state index contributed by atoms with van der Waals surface area (Å²) in [6.45, 7) is 9.78. The number of benzene rings is 1. The Labute approximate surface area is 110 Å². The molecular weight excluding hydrogens is 229 g/mol. The maximum absolute atomic E-state index is 13.2. The molecule has 0 radical (unpaired) electrons. The van der Waals surface area contributed by atoms with E-state index in [1.54, 1.807) is 12.1 Å². The van der Waals surface area contributed by atoms with E-state index in [1.165, 1.54) is 6.07 Å². The Morgan fingerprint density at radius 2 is 1.94 bits per heavy atom. The lowest BCUT2D eigenvalue weighted by molar-refractivity contribution is 0.0339. The van der Waals surface area contributed by atoms with Crippen molar-refractivity contribution in [3.63, 3.8) is 0 Å². The van der Waals surface area contributed by atoms with E-state index < -0.39 is 0 Å². The zero-order valence-corrected chi connectivity index (χ0v) is 11.7. The molecule has 3 heteroatoms. The van der Waals surface area contributed by atoms with Crippen LogP contribution >= 0.6 is 0 Å². The summed E-state index contributed by atoms with van der Waals surface area (Å²) >= 11 is 0. The summed E-state index contributed by atoms with van der Waals surface area (Å²) < 4.78 is 19.1. The van der Waals surface area contributed by atoms with Crippen molar-refractivity contribution in [2.45, 2.75) is 39.8 Å². The second kappa shape index (κ2) is 7.49. The van der Waals surface area contributed by atoms with Gasteiger partial charge in [-0.3, -0.25) is 0 Å². The standard InChI is InChI=1S/C15H24FNO/c1-11(2)10-18-15(9-17-12(3)4)13-6-5-7-14(16)8-13/h5-8,11-12,15,17H,9-10H2,1-4H3. The Morgan fingerprint density at radius 1 is 1.22 bits per heavy atom. The number of rotatable bonds is 7. The van der Waals surface area contributed by atoms with E-state index in [0.29, 0.717) is 25.1 Å². The molecule has 1 unspecified atom stereocenters. The molecule has 0 fully saturated rings. The highest BCUT2D eigenvalue weighted by molar-refractivity contribution is 5.19. The van der Waals surface area contributed by atoms with Gasteiger partial charge in [0, 0.05) is 19.2 Å². The Balaban J connectivity index is 2.69. The highest BCUT2D eigenvalue weighted by Gasteiger charge is 2.13. The fourth-order valence-corrected chi connectivity index (χ4v) is 1.63. The quantitative estimate of drug-likeness (QED) is 0.802. The van der Waals surface area contributed by atoms with Crippen molar-refractivity contribution in [2.75, 3.05) is 13.2 Å². The van der Waals surface area contributed by atoms with Crippen LogP contribution in [0.25, 0.3) is 0 Å². The van der Waals surface area contributed by atoms with Crippen molar-refractivity contribution in [2.24, 2.45) is 5.92 Å². The SMILES string of the molecule is CC(C)COC(CNC(C)C)c1cccc(F)c1. The zero-order valence-electron chi connectivity index (χ0n) is 11.7. The van der Waals surface area contributed by atoms with Gasteiger partial charge in [0.25, 0.3) is 0 Å². The van der Waals surface area contributed by atoms with Gasteiger partial charge >= 0.3 is 0 Å². The van der Waals surface area contributed by atoms with Crippen LogP contribution in [-0.4, -0.2) is 19.2 Å². The van der Waals surface area contributed by atoms with E-state index in [2.05, 4.69) is 33.0 Å². The molecule has 0 bridgehead atoms. The van der Waals surface area contributed by atoms with E-state index in [9.17, 15) is 4.39 Å². The maximum Gasteiger partial charge on any atom is 0.123 e. The predicted octanol–water partition coefficient (Wildman–Crippen LogP) is 3.54. The molecule has 0 aliphatic heterocycles. The number of hydrogen-bond acceptors (Lipinski definition) is 2. The third-order valence-corrected chi connectivity index (χ3v) is 2.56. The van der Waals surface area contributed by atoms with E-state index in [1.807, 2.05) is 6.07 Å². The fourth-order valence-electron chi connectivity index (χ4n) is 1.63. The topological polar surface area (TPSA) is 21.3 Å². The maximum atomic E-state index is 13.2. The first-order valence-electron chi connectivity index (χ1n) is 6.59. The molecule has 0 aliphatic carbocycles. The van der Waals surface area contributed by atoms with Crippen LogP contribution in [0.5, 0.6) is 0 Å². The summed E-state index contributed by atoms with van der Waals surface area (Å²) in [6.07, 6.45) is -0.0921. The minimum atomic E-state index is -0.213. The van der Waals surface area contributed by atoms with Gasteiger partial charge < -0.3 is 10.1 Å². The summed E-state index contributed by atoms with van der Waals surface area (Å²) in [4.78, 5) is 0. The van der Waals surface area contributed by atoms with E-state index in [4.69, 9.17) is 4.74 Å². The molecule has 0 aliphatic rings. The van der Waals surface area contributed by atoms with Gasteiger partial charge in [0.15, 0.2) is 0 Å². The molecule has 18 heavy (non-hydrogen) atoms. The van der Waals surface area contributed by atoms with Crippen molar-refractivity contribution in [1.82, 2.24) is 5.32 Å². The molecule has 2 nitrogen and oxygen atoms in total. The van der Waals surface area contributed by atoms with Gasteiger partial charge in [0.2, 0.25) is 0 Å². The van der Waals surface area contributed by atoms with Gasteiger partial charge in [-0.05, 0) is 23.6 Å². The molecule has 0 saturated heterocycles. The van der Waals surface area contributed by atoms with Crippen LogP contribution in [0.1, 0.15) is 39.4 Å². The van der Waals surface area contributed by atoms with Crippen LogP contribution in [0.4, 0.5) is 4.39 Å². The van der Waals surface area contributed by atoms with E-state index in [0.717, 1.165) is 5.56 Å². The van der Waals surface area contributed by atoms with Crippen LogP contribution in [0.2, 0.25) is 0 Å². The predicted molar refractivity (Wildman–Crippen MR) is 73.1 cm³/mol. The van der Waals surface area contributed by atoms with E-state index >= 15 is 0 Å². The van der Waals surface area contributed by atoms with Crippen molar-refractivity contribution < 1.29 is 9.13 Å². The first-order valence-corrected chi connectivity index (χ1v) is 6.59. The lowest BCUT2D eigenvalue weighted by Gasteiger charge is -2.21. The number of ether oxygens (including phenoxy) is 1. The van der Waals surface area contributed by atoms with Crippen LogP contribution in [0, 0.1) is 11.7 Å². The van der Waals surface area contributed by atoms with Gasteiger partial charge in [0.05, 0.1) is 6.10 Å². The molecule has 0 saturated carbocycles. The minimum Gasteiger partial charge on any atom is -0.372 e. The molecule has 1 aromatic carbocycles. The van der Waals surface area contributed by atoms with Gasteiger partial charge in [-0.25, -0.2) is 4.39 Å². The van der Waals surface area contributed by atoms with Crippen molar-refractivity contribution in [3.05, 3.63) is 35.6 Å². The van der Waals surface area contributed by atoms with Crippen molar-refractivity contribution >= 4 is 0 Å². The largest absolute Gasteiger partial charge is 0.372 e. The summed E-state index contributed by atoms with van der Waals surface area (Å²) in [5, 5.41) is 3.34. The highest BCUT2D eigenvalue weighted by Crippen LogP contribution is 2.18. The third-order valence-electron chi connectivity index (χ3n) is 2.56. The number of nitrogens with one attached hydrogen (secondary N) is 1. The van der Waals surface area contributed by atoms with Crippen molar-refractivity contribution in [3.8, 4) is 0 Å². The molecule has 1 aromatic rings. The lowest BCUT2D eigenvalue weighted by atomic mass is 10.1. The molecule has 0 heterocycles. The van der Waals surface area contributed by atoms with Crippen LogP contribution in [0.15, 0.2) is 24.3 Å². The van der Waals surface area contributed by atoms with Crippen LogP contribution in [0.3, 0.4) is 0 Å². The van der Waals surface area contributed by atoms with Gasteiger partial charge in [-0.15, -0.1) is 0 Å². The molecular formula is C15H24FNO. The number of hydrogen-bond donors (Lipinski definition) is 1. The Hall–Kier alpha value is -0.930. The second-order valence-corrected chi connectivity index (χ2v) is 5.33. The van der Waals surface area contributed by atoms with Gasteiger partial charge in [-0.2, -0.15) is 0 Å². The Kier molecular flexibility index (Phi) is 6.30. The molecule has 1 N–H and O–H groups in total. The average Bonchev–Trinajstić information content (AvgIpc) is 2.28. The monoisotopic (exact) mass is 253 g/mol. The van der Waals surface area contributed by atoms with Gasteiger partial charge in [-0.1, -0.05) is 39.8 Å². The molecule has 1 rings (SSSR count). The highest BCUT2D eigenvalue weighted by atomic mass is 19.1. The van der Waals surface area contributed by atoms with E-state index in [-0.39, 0.29) is 11.9 Å². The van der Waals surface area contributed by atoms with Crippen LogP contribution < -0.4 is 5.32 Å². The molecule has 102 valence electrons. The third kappa shape index (κ3) is 5.61. The van der Waals surface area contributed by atoms with Crippen molar-refractivity contribution in [1.29, 1.82) is 0 Å². The lowest BCUT2D eigenvalue weighted by Crippen LogP contribution is -2.29. The zero-order chi connectivity index (χ0) is 13.5. The summed E-state index contributed by atoms with van der Waals surface area (Å²) in [7, 11) is 0. The Bertz CT molecular complexity index is 340. The molecule has 0 aromatic heterocycles. The fraction of sp³-hybridized carbons (Fsp3) is 0.600. The number of halogens is 1. The normalized spacial score (nSPS) is 13.3. The summed E-state index contributed by atoms with van der Waals surface area (Å²) in [5.41, 5.74) is 0.892. The Morgan fingerprint density at radius 3 is 2.50 bits per heavy atom. The first kappa shape index (κ1) is 15.1. The molecule has 0 spiro atoms. The summed E-state index contributed by atoms with van der Waals surface area (Å²) in [5.74, 6) is 0.260. The molecule has 1 atom stereocenters. The summed E-state index contributed by atoms with van der Waals surface area (Å²) in [6, 6.07) is 7.04.